The van der Waals surface area contributed by atoms with Crippen LogP contribution in [-0.4, -0.2) is 16.1 Å². The number of halogens is 1. The summed E-state index contributed by atoms with van der Waals surface area (Å²) in [4.78, 5) is 15.1. The normalized spacial score (nSPS) is 10.2. The smallest absolute Gasteiger partial charge is 0.337 e. The largest absolute Gasteiger partial charge is 0.478 e. The van der Waals surface area contributed by atoms with Crippen LogP contribution in [0, 0.1) is 6.92 Å². The number of carbonyl (C=O) groups is 1. The molecule has 98 valence electrons. The zero-order chi connectivity index (χ0) is 14.0. The standard InChI is InChI=1S/C13H12ClN3O2/c1-7-4-12(16-6-11(7)15)17-8-2-3-10(14)9(5-8)13(18)19/h2-6H,15H2,1H3,(H,16,17)(H,18,19). The van der Waals surface area contributed by atoms with E-state index < -0.39 is 5.97 Å². The average Bonchev–Trinajstić information content (AvgIpc) is 2.36. The first-order chi connectivity index (χ1) is 8.97. The van der Waals surface area contributed by atoms with Gasteiger partial charge in [-0.25, -0.2) is 9.78 Å². The summed E-state index contributed by atoms with van der Waals surface area (Å²) >= 11 is 5.80. The number of aromatic carboxylic acids is 1. The minimum Gasteiger partial charge on any atom is -0.478 e. The van der Waals surface area contributed by atoms with E-state index in [0.29, 0.717) is 17.2 Å². The molecule has 0 bridgehead atoms. The summed E-state index contributed by atoms with van der Waals surface area (Å²) in [5, 5.41) is 12.2. The van der Waals surface area contributed by atoms with E-state index in [1.165, 1.54) is 12.1 Å². The van der Waals surface area contributed by atoms with Crippen LogP contribution < -0.4 is 11.1 Å². The monoisotopic (exact) mass is 277 g/mol. The van der Waals surface area contributed by atoms with Crippen molar-refractivity contribution < 1.29 is 9.90 Å². The van der Waals surface area contributed by atoms with Crippen molar-refractivity contribution in [1.82, 2.24) is 4.98 Å². The van der Waals surface area contributed by atoms with Gasteiger partial charge in [-0.3, -0.25) is 0 Å². The second-order valence-electron chi connectivity index (χ2n) is 4.05. The topological polar surface area (TPSA) is 88.2 Å². The van der Waals surface area contributed by atoms with Crippen LogP contribution in [0.4, 0.5) is 17.2 Å². The maximum absolute atomic E-state index is 11.0. The van der Waals surface area contributed by atoms with Crippen molar-refractivity contribution in [3.63, 3.8) is 0 Å². The molecule has 0 atom stereocenters. The van der Waals surface area contributed by atoms with Crippen LogP contribution in [0.5, 0.6) is 0 Å². The minimum absolute atomic E-state index is 0.0406. The summed E-state index contributed by atoms with van der Waals surface area (Å²) in [6.07, 6.45) is 1.55. The Morgan fingerprint density at radius 2 is 2.16 bits per heavy atom. The molecular weight excluding hydrogens is 266 g/mol. The van der Waals surface area contributed by atoms with Crippen molar-refractivity contribution in [2.75, 3.05) is 11.1 Å². The van der Waals surface area contributed by atoms with Gasteiger partial charge in [0.15, 0.2) is 0 Å². The molecule has 1 heterocycles. The lowest BCUT2D eigenvalue weighted by Gasteiger charge is -2.09. The van der Waals surface area contributed by atoms with Gasteiger partial charge in [0.1, 0.15) is 5.82 Å². The van der Waals surface area contributed by atoms with Gasteiger partial charge in [-0.15, -0.1) is 0 Å². The first-order valence-electron chi connectivity index (χ1n) is 5.49. The molecule has 5 nitrogen and oxygen atoms in total. The number of aryl methyl sites for hydroxylation is 1. The lowest BCUT2D eigenvalue weighted by Crippen LogP contribution is -2.01. The predicted molar refractivity (Wildman–Crippen MR) is 75.1 cm³/mol. The van der Waals surface area contributed by atoms with E-state index in [9.17, 15) is 4.79 Å². The van der Waals surface area contributed by atoms with Crippen LogP contribution in [0.1, 0.15) is 15.9 Å². The van der Waals surface area contributed by atoms with E-state index in [0.717, 1.165) is 5.56 Å². The molecule has 2 rings (SSSR count). The summed E-state index contributed by atoms with van der Waals surface area (Å²) < 4.78 is 0. The molecule has 0 saturated heterocycles. The molecule has 4 N–H and O–H groups in total. The predicted octanol–water partition coefficient (Wildman–Crippen LogP) is 3.07. The quantitative estimate of drug-likeness (QED) is 0.802. The molecule has 0 amide bonds. The fourth-order valence-electron chi connectivity index (χ4n) is 1.55. The first-order valence-corrected chi connectivity index (χ1v) is 5.87. The van der Waals surface area contributed by atoms with Crippen LogP contribution in [0.15, 0.2) is 30.5 Å². The lowest BCUT2D eigenvalue weighted by molar-refractivity contribution is 0.0697. The number of nitrogens with two attached hydrogens (primary N) is 1. The number of hydrogen-bond donors (Lipinski definition) is 3. The van der Waals surface area contributed by atoms with Crippen LogP contribution in [0.3, 0.4) is 0 Å². The summed E-state index contributed by atoms with van der Waals surface area (Å²) in [5.41, 5.74) is 7.81. The van der Waals surface area contributed by atoms with E-state index >= 15 is 0 Å². The van der Waals surface area contributed by atoms with Gasteiger partial charge in [0, 0.05) is 5.69 Å². The van der Waals surface area contributed by atoms with Gasteiger partial charge in [-0.2, -0.15) is 0 Å². The Morgan fingerprint density at radius 1 is 1.42 bits per heavy atom. The van der Waals surface area contributed by atoms with Crippen molar-refractivity contribution in [2.45, 2.75) is 6.92 Å². The molecule has 0 aliphatic heterocycles. The lowest BCUT2D eigenvalue weighted by atomic mass is 10.2. The Balaban J connectivity index is 2.30. The number of carboxylic acids is 1. The summed E-state index contributed by atoms with van der Waals surface area (Å²) in [7, 11) is 0. The van der Waals surface area contributed by atoms with E-state index in [-0.39, 0.29) is 10.6 Å². The maximum atomic E-state index is 11.0. The molecule has 1 aromatic heterocycles. The van der Waals surface area contributed by atoms with Gasteiger partial charge < -0.3 is 16.2 Å². The van der Waals surface area contributed by atoms with Crippen molar-refractivity contribution in [2.24, 2.45) is 0 Å². The van der Waals surface area contributed by atoms with Gasteiger partial charge in [0.2, 0.25) is 0 Å². The zero-order valence-corrected chi connectivity index (χ0v) is 10.9. The first kappa shape index (κ1) is 13.2. The third-order valence-electron chi connectivity index (χ3n) is 2.62. The van der Waals surface area contributed by atoms with Crippen LogP contribution in [-0.2, 0) is 0 Å². The van der Waals surface area contributed by atoms with Gasteiger partial charge in [-0.05, 0) is 36.8 Å². The van der Waals surface area contributed by atoms with Crippen molar-refractivity contribution in [3.8, 4) is 0 Å². The Bertz CT molecular complexity index is 644. The molecule has 6 heteroatoms. The van der Waals surface area contributed by atoms with E-state index in [4.69, 9.17) is 22.4 Å². The molecule has 19 heavy (non-hydrogen) atoms. The number of nitrogen functional groups attached to an aromatic ring is 1. The molecule has 0 unspecified atom stereocenters. The maximum Gasteiger partial charge on any atom is 0.337 e. The molecule has 0 fully saturated rings. The number of benzene rings is 1. The van der Waals surface area contributed by atoms with Gasteiger partial charge in [0.25, 0.3) is 0 Å². The number of aromatic nitrogens is 1. The second-order valence-corrected chi connectivity index (χ2v) is 4.46. The second kappa shape index (κ2) is 5.16. The number of hydrogen-bond acceptors (Lipinski definition) is 4. The highest BCUT2D eigenvalue weighted by Crippen LogP contribution is 2.23. The molecule has 0 saturated carbocycles. The highest BCUT2D eigenvalue weighted by atomic mass is 35.5. The third kappa shape index (κ3) is 2.95. The Kier molecular flexibility index (Phi) is 3.57. The summed E-state index contributed by atoms with van der Waals surface area (Å²) in [6.45, 7) is 1.87. The van der Waals surface area contributed by atoms with E-state index in [1.54, 1.807) is 18.3 Å². The Morgan fingerprint density at radius 3 is 2.79 bits per heavy atom. The van der Waals surface area contributed by atoms with E-state index in [2.05, 4.69) is 10.3 Å². The van der Waals surface area contributed by atoms with Gasteiger partial charge in [0.05, 0.1) is 22.5 Å². The molecule has 0 aliphatic carbocycles. The van der Waals surface area contributed by atoms with Crippen molar-refractivity contribution in [3.05, 3.63) is 46.6 Å². The number of pyridine rings is 1. The zero-order valence-electron chi connectivity index (χ0n) is 10.1. The number of carboxylic acid groups (broad SMARTS) is 1. The Hall–Kier alpha value is -2.27. The average molecular weight is 278 g/mol. The van der Waals surface area contributed by atoms with Gasteiger partial charge >= 0.3 is 5.97 Å². The highest BCUT2D eigenvalue weighted by molar-refractivity contribution is 6.33. The number of rotatable bonds is 3. The number of nitrogens with one attached hydrogen (secondary N) is 1. The van der Waals surface area contributed by atoms with Crippen LogP contribution in [0.25, 0.3) is 0 Å². The summed E-state index contributed by atoms with van der Waals surface area (Å²) in [5.74, 6) is -0.486. The molecule has 0 radical (unpaired) electrons. The third-order valence-corrected chi connectivity index (χ3v) is 2.95. The van der Waals surface area contributed by atoms with E-state index in [1.807, 2.05) is 6.92 Å². The molecule has 2 aromatic rings. The fourth-order valence-corrected chi connectivity index (χ4v) is 1.75. The molecule has 0 spiro atoms. The van der Waals surface area contributed by atoms with Crippen molar-refractivity contribution in [1.29, 1.82) is 0 Å². The summed E-state index contributed by atoms with van der Waals surface area (Å²) in [6, 6.07) is 6.45. The number of anilines is 3. The SMILES string of the molecule is Cc1cc(Nc2ccc(Cl)c(C(=O)O)c2)ncc1N. The van der Waals surface area contributed by atoms with Gasteiger partial charge in [-0.1, -0.05) is 11.6 Å². The molecule has 0 aliphatic rings. The van der Waals surface area contributed by atoms with Crippen LogP contribution in [0.2, 0.25) is 5.02 Å². The molecule has 1 aromatic carbocycles. The van der Waals surface area contributed by atoms with Crippen molar-refractivity contribution >= 4 is 34.8 Å². The highest BCUT2D eigenvalue weighted by Gasteiger charge is 2.09. The fraction of sp³-hybridized carbons (Fsp3) is 0.0769. The minimum atomic E-state index is -1.07. The Labute approximate surface area is 115 Å². The number of nitrogens with zero attached hydrogens (tertiary/aromatic N) is 1. The molecular formula is C13H12ClN3O2. The van der Waals surface area contributed by atoms with Crippen LogP contribution >= 0.6 is 11.6 Å².